The summed E-state index contributed by atoms with van der Waals surface area (Å²) in [6.45, 7) is 2.54. The minimum absolute atomic E-state index is 0.128. The van der Waals surface area contributed by atoms with Gasteiger partial charge in [0.25, 0.3) is 0 Å². The van der Waals surface area contributed by atoms with Crippen LogP contribution in [0.1, 0.15) is 18.2 Å². The molecule has 1 heterocycles. The molecule has 100 valence electrons. The largest absolute Gasteiger partial charge is 0.325 e. The maximum absolute atomic E-state index is 11.8. The highest BCUT2D eigenvalue weighted by atomic mass is 16.2. The first-order valence-electron chi connectivity index (χ1n) is 6.19. The van der Waals surface area contributed by atoms with Crippen molar-refractivity contribution in [3.63, 3.8) is 0 Å². The quantitative estimate of drug-likeness (QED) is 0.836. The predicted molar refractivity (Wildman–Crippen MR) is 72.4 cm³/mol. The average Bonchev–Trinajstić information content (AvgIpc) is 2.87. The molecular weight excluding hydrogens is 242 g/mol. The second kappa shape index (κ2) is 6.10. The van der Waals surface area contributed by atoms with Crippen LogP contribution in [0.15, 0.2) is 30.5 Å². The number of aryl methyl sites for hydroxylation is 1. The van der Waals surface area contributed by atoms with Crippen LogP contribution >= 0.6 is 0 Å². The highest BCUT2D eigenvalue weighted by molar-refractivity contribution is 5.90. The van der Waals surface area contributed by atoms with Gasteiger partial charge in [-0.15, -0.1) is 5.10 Å². The van der Waals surface area contributed by atoms with E-state index in [-0.39, 0.29) is 12.5 Å². The Morgan fingerprint density at radius 1 is 1.37 bits per heavy atom. The van der Waals surface area contributed by atoms with Gasteiger partial charge in [-0.3, -0.25) is 4.79 Å². The van der Waals surface area contributed by atoms with Crippen molar-refractivity contribution in [3.05, 3.63) is 41.7 Å². The Balaban J connectivity index is 1.93. The lowest BCUT2D eigenvalue weighted by molar-refractivity contribution is -0.116. The van der Waals surface area contributed by atoms with E-state index >= 15 is 0 Å². The van der Waals surface area contributed by atoms with Crippen LogP contribution in [-0.4, -0.2) is 20.9 Å². The van der Waals surface area contributed by atoms with Gasteiger partial charge in [0.15, 0.2) is 0 Å². The molecule has 3 N–H and O–H groups in total. The van der Waals surface area contributed by atoms with Crippen molar-refractivity contribution in [1.29, 1.82) is 0 Å². The minimum Gasteiger partial charge on any atom is -0.325 e. The smallest absolute Gasteiger partial charge is 0.246 e. The Kier molecular flexibility index (Phi) is 4.25. The second-order valence-corrected chi connectivity index (χ2v) is 4.21. The number of hydrogen-bond donors (Lipinski definition) is 2. The van der Waals surface area contributed by atoms with Crippen LogP contribution in [0.4, 0.5) is 5.69 Å². The second-order valence-electron chi connectivity index (χ2n) is 4.21. The Bertz CT molecular complexity index is 546. The molecule has 1 amide bonds. The van der Waals surface area contributed by atoms with E-state index in [0.717, 1.165) is 12.1 Å². The van der Waals surface area contributed by atoms with Gasteiger partial charge in [-0.2, -0.15) is 0 Å². The van der Waals surface area contributed by atoms with Crippen molar-refractivity contribution >= 4 is 11.6 Å². The lowest BCUT2D eigenvalue weighted by Gasteiger charge is -2.05. The van der Waals surface area contributed by atoms with Gasteiger partial charge in [-0.25, -0.2) is 4.68 Å². The third kappa shape index (κ3) is 3.62. The monoisotopic (exact) mass is 259 g/mol. The molecule has 6 heteroatoms. The summed E-state index contributed by atoms with van der Waals surface area (Å²) in [5.74, 6) is -0.141. The lowest BCUT2D eigenvalue weighted by atomic mass is 10.1. The van der Waals surface area contributed by atoms with E-state index in [2.05, 4.69) is 22.6 Å². The Morgan fingerprint density at radius 3 is 2.68 bits per heavy atom. The van der Waals surface area contributed by atoms with Crippen LogP contribution in [0.25, 0.3) is 0 Å². The van der Waals surface area contributed by atoms with E-state index in [9.17, 15) is 4.79 Å². The first-order chi connectivity index (χ1) is 9.21. The van der Waals surface area contributed by atoms with Gasteiger partial charge in [0.05, 0.1) is 11.9 Å². The van der Waals surface area contributed by atoms with E-state index in [4.69, 9.17) is 5.73 Å². The van der Waals surface area contributed by atoms with E-state index in [1.807, 2.05) is 24.3 Å². The molecule has 0 atom stereocenters. The molecule has 1 aromatic heterocycles. The molecule has 0 aliphatic heterocycles. The molecule has 0 aliphatic rings. The normalized spacial score (nSPS) is 10.4. The Morgan fingerprint density at radius 2 is 2.11 bits per heavy atom. The number of nitrogens with one attached hydrogen (secondary N) is 1. The molecule has 0 aliphatic carbocycles. The molecule has 0 fully saturated rings. The highest BCUT2D eigenvalue weighted by Gasteiger charge is 2.05. The number of carbonyl (C=O) groups excluding carboxylic acids is 1. The number of nitrogens with two attached hydrogens (primary N) is 1. The fourth-order valence-electron chi connectivity index (χ4n) is 1.68. The summed E-state index contributed by atoms with van der Waals surface area (Å²) in [4.78, 5) is 11.8. The van der Waals surface area contributed by atoms with E-state index in [0.29, 0.717) is 12.2 Å². The number of hydrogen-bond acceptors (Lipinski definition) is 4. The molecule has 0 radical (unpaired) electrons. The zero-order chi connectivity index (χ0) is 13.7. The summed E-state index contributed by atoms with van der Waals surface area (Å²) in [5, 5.41) is 10.5. The van der Waals surface area contributed by atoms with Gasteiger partial charge in [-0.1, -0.05) is 24.3 Å². The van der Waals surface area contributed by atoms with Crippen LogP contribution in [0.2, 0.25) is 0 Å². The van der Waals surface area contributed by atoms with Crippen molar-refractivity contribution in [3.8, 4) is 0 Å². The predicted octanol–water partition coefficient (Wildman–Crippen LogP) is 0.938. The molecule has 6 nitrogen and oxygen atoms in total. The molecular formula is C13H17N5O. The number of carbonyl (C=O) groups is 1. The molecule has 1 aromatic carbocycles. The molecule has 2 aromatic rings. The molecule has 19 heavy (non-hydrogen) atoms. The number of aromatic nitrogens is 3. The number of rotatable bonds is 5. The standard InChI is InChI=1S/C13H17N5O/c1-2-10-3-5-11(6-4-10)15-13(19)9-18-8-12(7-14)16-17-18/h3-6,8H,2,7,9,14H2,1H3,(H,15,19). The van der Waals surface area contributed by atoms with Crippen LogP contribution in [0.5, 0.6) is 0 Å². The zero-order valence-corrected chi connectivity index (χ0v) is 10.8. The topological polar surface area (TPSA) is 85.8 Å². The van der Waals surface area contributed by atoms with E-state index in [1.54, 1.807) is 6.20 Å². The van der Waals surface area contributed by atoms with Crippen LogP contribution < -0.4 is 11.1 Å². The lowest BCUT2D eigenvalue weighted by Crippen LogP contribution is -2.19. The fourth-order valence-corrected chi connectivity index (χ4v) is 1.68. The summed E-state index contributed by atoms with van der Waals surface area (Å²) < 4.78 is 1.47. The fraction of sp³-hybridized carbons (Fsp3) is 0.308. The van der Waals surface area contributed by atoms with Crippen LogP contribution in [0.3, 0.4) is 0 Å². The van der Waals surface area contributed by atoms with Crippen molar-refractivity contribution in [2.24, 2.45) is 5.73 Å². The molecule has 0 unspecified atom stereocenters. The molecule has 0 spiro atoms. The SMILES string of the molecule is CCc1ccc(NC(=O)Cn2cc(CN)nn2)cc1. The maximum atomic E-state index is 11.8. The number of benzene rings is 1. The maximum Gasteiger partial charge on any atom is 0.246 e. The van der Waals surface area contributed by atoms with E-state index in [1.165, 1.54) is 10.2 Å². The summed E-state index contributed by atoms with van der Waals surface area (Å²) in [6.07, 6.45) is 2.65. The summed E-state index contributed by atoms with van der Waals surface area (Å²) in [5.41, 5.74) is 8.11. The number of nitrogens with zero attached hydrogens (tertiary/aromatic N) is 3. The van der Waals surface area contributed by atoms with Gasteiger partial charge < -0.3 is 11.1 Å². The first-order valence-corrected chi connectivity index (χ1v) is 6.19. The molecule has 0 bridgehead atoms. The zero-order valence-electron chi connectivity index (χ0n) is 10.8. The van der Waals surface area contributed by atoms with Gasteiger partial charge in [-0.05, 0) is 24.1 Å². The van der Waals surface area contributed by atoms with Crippen molar-refractivity contribution in [1.82, 2.24) is 15.0 Å². The van der Waals surface area contributed by atoms with Gasteiger partial charge in [0.1, 0.15) is 6.54 Å². The van der Waals surface area contributed by atoms with Gasteiger partial charge in [0, 0.05) is 12.2 Å². The van der Waals surface area contributed by atoms with Crippen molar-refractivity contribution in [2.75, 3.05) is 5.32 Å². The third-order valence-corrected chi connectivity index (χ3v) is 2.75. The van der Waals surface area contributed by atoms with Crippen molar-refractivity contribution in [2.45, 2.75) is 26.4 Å². The van der Waals surface area contributed by atoms with Gasteiger partial charge in [0.2, 0.25) is 5.91 Å². The third-order valence-electron chi connectivity index (χ3n) is 2.75. The average molecular weight is 259 g/mol. The molecule has 2 rings (SSSR count). The Hall–Kier alpha value is -2.21. The number of amides is 1. The summed E-state index contributed by atoms with van der Waals surface area (Å²) >= 11 is 0. The van der Waals surface area contributed by atoms with Crippen molar-refractivity contribution < 1.29 is 4.79 Å². The highest BCUT2D eigenvalue weighted by Crippen LogP contribution is 2.09. The minimum atomic E-state index is -0.141. The first kappa shape index (κ1) is 13.2. The Labute approximate surface area is 111 Å². The van der Waals surface area contributed by atoms with E-state index < -0.39 is 0 Å². The number of anilines is 1. The molecule has 0 saturated heterocycles. The van der Waals surface area contributed by atoms with Gasteiger partial charge >= 0.3 is 0 Å². The summed E-state index contributed by atoms with van der Waals surface area (Å²) in [7, 11) is 0. The molecule has 0 saturated carbocycles. The summed E-state index contributed by atoms with van der Waals surface area (Å²) in [6, 6.07) is 7.78. The van der Waals surface area contributed by atoms with Crippen LogP contribution in [0, 0.1) is 0 Å². The van der Waals surface area contributed by atoms with Crippen LogP contribution in [-0.2, 0) is 24.3 Å².